The number of nitrogens with two attached hydrogens (primary N) is 1. The molecule has 0 radical (unpaired) electrons. The van der Waals surface area contributed by atoms with E-state index in [2.05, 4.69) is 10.1 Å². The minimum absolute atomic E-state index is 0.0207. The maximum atomic E-state index is 12.3. The van der Waals surface area contributed by atoms with Gasteiger partial charge in [0.05, 0.1) is 10.7 Å². The third-order valence-corrected chi connectivity index (χ3v) is 1.94. The summed E-state index contributed by atoms with van der Waals surface area (Å²) >= 11 is 0. The summed E-state index contributed by atoms with van der Waals surface area (Å²) in [5.74, 6) is -0.290. The number of aromatic nitrogens is 3. The molecule has 0 aliphatic heterocycles. The van der Waals surface area contributed by atoms with Crippen molar-refractivity contribution in [3.63, 3.8) is 0 Å². The van der Waals surface area contributed by atoms with E-state index >= 15 is 0 Å². The average Bonchev–Trinajstić information content (AvgIpc) is 2.15. The standard InChI is InChI=1S/C8H5F3N4O/c9-8(10,11)4-1-2-5-6(3-4)15(16)14-7(12)13-5/h1-3H,(H2,12,13,14). The zero-order valence-corrected chi connectivity index (χ0v) is 7.69. The van der Waals surface area contributed by atoms with Gasteiger partial charge in [0.2, 0.25) is 0 Å². The molecule has 16 heavy (non-hydrogen) atoms. The lowest BCUT2D eigenvalue weighted by molar-refractivity contribution is -0.641. The highest BCUT2D eigenvalue weighted by molar-refractivity contribution is 5.72. The molecule has 1 heterocycles. The highest BCUT2D eigenvalue weighted by Gasteiger charge is 2.31. The first-order valence-electron chi connectivity index (χ1n) is 4.12. The second kappa shape index (κ2) is 3.19. The summed E-state index contributed by atoms with van der Waals surface area (Å²) in [6.45, 7) is 0. The van der Waals surface area contributed by atoms with Crippen molar-refractivity contribution >= 4 is 17.0 Å². The number of alkyl halides is 3. The van der Waals surface area contributed by atoms with Crippen LogP contribution in [-0.2, 0) is 6.18 Å². The zero-order chi connectivity index (χ0) is 11.9. The highest BCUT2D eigenvalue weighted by atomic mass is 19.4. The van der Waals surface area contributed by atoms with Crippen LogP contribution >= 0.6 is 0 Å². The van der Waals surface area contributed by atoms with Gasteiger partial charge in [-0.05, 0) is 17.0 Å². The van der Waals surface area contributed by atoms with Gasteiger partial charge in [0.15, 0.2) is 0 Å². The summed E-state index contributed by atoms with van der Waals surface area (Å²) in [5, 5.41) is 14.4. The number of nitrogen functional groups attached to an aromatic ring is 1. The van der Waals surface area contributed by atoms with Crippen LogP contribution in [0.1, 0.15) is 5.56 Å². The Labute approximate surface area is 86.9 Å². The Bertz CT molecular complexity index is 555. The molecule has 1 aromatic heterocycles. The summed E-state index contributed by atoms with van der Waals surface area (Å²) in [6.07, 6.45) is -4.51. The van der Waals surface area contributed by atoms with E-state index in [1.807, 2.05) is 0 Å². The predicted octanol–water partition coefficient (Wildman–Crippen LogP) is 0.864. The normalized spacial score (nSPS) is 11.9. The summed E-state index contributed by atoms with van der Waals surface area (Å²) in [5.41, 5.74) is 4.04. The Kier molecular flexibility index (Phi) is 2.07. The van der Waals surface area contributed by atoms with Gasteiger partial charge in [0.25, 0.3) is 11.5 Å². The van der Waals surface area contributed by atoms with Gasteiger partial charge < -0.3 is 10.9 Å². The lowest BCUT2D eigenvalue weighted by Gasteiger charge is -2.06. The molecule has 2 rings (SSSR count). The third kappa shape index (κ3) is 1.69. The number of anilines is 1. The van der Waals surface area contributed by atoms with Crippen LogP contribution < -0.4 is 10.6 Å². The summed E-state index contributed by atoms with van der Waals surface area (Å²) in [4.78, 5) is 3.66. The molecule has 1 aromatic carbocycles. The first kappa shape index (κ1) is 10.4. The van der Waals surface area contributed by atoms with E-state index in [0.717, 1.165) is 12.1 Å². The van der Waals surface area contributed by atoms with Gasteiger partial charge in [-0.3, -0.25) is 0 Å². The summed E-state index contributed by atoms with van der Waals surface area (Å²) < 4.78 is 37.0. The lowest BCUT2D eigenvalue weighted by Crippen LogP contribution is -2.33. The van der Waals surface area contributed by atoms with Crippen LogP contribution in [0.15, 0.2) is 18.2 Å². The largest absolute Gasteiger partial charge is 0.594 e. The second-order valence-corrected chi connectivity index (χ2v) is 3.04. The molecule has 0 spiro atoms. The molecular weight excluding hydrogens is 225 g/mol. The fraction of sp³-hybridized carbons (Fsp3) is 0.125. The van der Waals surface area contributed by atoms with Crippen molar-refractivity contribution in [1.29, 1.82) is 0 Å². The number of hydrogen-bond acceptors (Lipinski definition) is 4. The average molecular weight is 230 g/mol. The molecule has 0 bridgehead atoms. The molecule has 2 aromatic rings. The molecule has 0 unspecified atom stereocenters. The van der Waals surface area contributed by atoms with Crippen LogP contribution in [0.4, 0.5) is 19.1 Å². The van der Waals surface area contributed by atoms with Crippen LogP contribution in [0.5, 0.6) is 0 Å². The van der Waals surface area contributed by atoms with Gasteiger partial charge in [-0.2, -0.15) is 13.2 Å². The Morgan fingerprint density at radius 3 is 2.62 bits per heavy atom. The minimum Gasteiger partial charge on any atom is -0.594 e. The summed E-state index contributed by atoms with van der Waals surface area (Å²) in [7, 11) is 0. The zero-order valence-electron chi connectivity index (χ0n) is 7.69. The summed E-state index contributed by atoms with van der Waals surface area (Å²) in [6, 6.07) is 2.58. The number of halogens is 3. The van der Waals surface area contributed by atoms with Crippen molar-refractivity contribution in [3.8, 4) is 0 Å². The van der Waals surface area contributed by atoms with E-state index in [1.165, 1.54) is 0 Å². The number of nitrogens with zero attached hydrogens (tertiary/aromatic N) is 3. The van der Waals surface area contributed by atoms with Crippen molar-refractivity contribution in [1.82, 2.24) is 10.1 Å². The third-order valence-electron chi connectivity index (χ3n) is 1.94. The fourth-order valence-corrected chi connectivity index (χ4v) is 1.24. The first-order valence-corrected chi connectivity index (χ1v) is 4.12. The first-order chi connectivity index (χ1) is 7.38. The smallest absolute Gasteiger partial charge is 0.416 e. The van der Waals surface area contributed by atoms with Gasteiger partial charge in [-0.25, -0.2) is 4.98 Å². The quantitative estimate of drug-likeness (QED) is 0.537. The number of rotatable bonds is 0. The van der Waals surface area contributed by atoms with Crippen LogP contribution in [0.2, 0.25) is 0 Å². The van der Waals surface area contributed by atoms with Crippen LogP contribution in [0.25, 0.3) is 11.0 Å². The van der Waals surface area contributed by atoms with Gasteiger partial charge in [0.1, 0.15) is 5.52 Å². The molecule has 2 N–H and O–H groups in total. The van der Waals surface area contributed by atoms with E-state index < -0.39 is 11.7 Å². The molecule has 0 atom stereocenters. The molecule has 0 fully saturated rings. The van der Waals surface area contributed by atoms with E-state index in [1.54, 1.807) is 0 Å². The Morgan fingerprint density at radius 2 is 2.00 bits per heavy atom. The topological polar surface area (TPSA) is 78.7 Å². The molecular formula is C8H5F3N4O. The monoisotopic (exact) mass is 230 g/mol. The van der Waals surface area contributed by atoms with Crippen molar-refractivity contribution in [2.24, 2.45) is 0 Å². The second-order valence-electron chi connectivity index (χ2n) is 3.04. The number of fused-ring (bicyclic) bond motifs is 1. The molecule has 0 aliphatic rings. The van der Waals surface area contributed by atoms with Crippen molar-refractivity contribution in [3.05, 3.63) is 29.0 Å². The predicted molar refractivity (Wildman–Crippen MR) is 47.9 cm³/mol. The Balaban J connectivity index is 2.72. The van der Waals surface area contributed by atoms with Crippen molar-refractivity contribution in [2.45, 2.75) is 6.18 Å². The minimum atomic E-state index is -4.51. The van der Waals surface area contributed by atoms with Crippen molar-refractivity contribution in [2.75, 3.05) is 5.73 Å². The molecule has 84 valence electrons. The SMILES string of the molecule is Nc1nc2ccc(C(F)(F)F)cc2[n+]([O-])n1. The van der Waals surface area contributed by atoms with E-state index in [9.17, 15) is 18.4 Å². The van der Waals surface area contributed by atoms with E-state index in [0.29, 0.717) is 6.07 Å². The molecule has 5 nitrogen and oxygen atoms in total. The maximum Gasteiger partial charge on any atom is 0.416 e. The van der Waals surface area contributed by atoms with E-state index in [4.69, 9.17) is 5.73 Å². The number of hydrogen-bond donors (Lipinski definition) is 1. The highest BCUT2D eigenvalue weighted by Crippen LogP contribution is 2.30. The van der Waals surface area contributed by atoms with Crippen molar-refractivity contribution < 1.29 is 18.0 Å². The fourth-order valence-electron chi connectivity index (χ4n) is 1.24. The molecule has 0 saturated carbocycles. The maximum absolute atomic E-state index is 12.3. The number of benzene rings is 1. The molecule has 0 amide bonds. The van der Waals surface area contributed by atoms with Crippen LogP contribution in [0, 0.1) is 5.21 Å². The van der Waals surface area contributed by atoms with Gasteiger partial charge in [-0.1, -0.05) is 0 Å². The molecule has 0 aliphatic carbocycles. The van der Waals surface area contributed by atoms with Gasteiger partial charge in [-0.15, -0.1) is 0 Å². The van der Waals surface area contributed by atoms with Gasteiger partial charge in [0, 0.05) is 6.07 Å². The molecule has 8 heteroatoms. The van der Waals surface area contributed by atoms with Gasteiger partial charge >= 0.3 is 6.18 Å². The van der Waals surface area contributed by atoms with Crippen LogP contribution in [-0.4, -0.2) is 10.1 Å². The Hall–Kier alpha value is -2.12. The molecule has 0 saturated heterocycles. The lowest BCUT2D eigenvalue weighted by atomic mass is 10.2. The van der Waals surface area contributed by atoms with Crippen LogP contribution in [0.3, 0.4) is 0 Å². The Morgan fingerprint density at radius 1 is 1.31 bits per heavy atom. The van der Waals surface area contributed by atoms with E-state index in [-0.39, 0.29) is 21.8 Å².